The molecule has 0 spiro atoms. The number of urea groups is 1. The summed E-state index contributed by atoms with van der Waals surface area (Å²) in [6.45, 7) is 7.28. The number of carbonyl (C=O) groups excluding carboxylic acids is 1. The Morgan fingerprint density at radius 2 is 2.22 bits per heavy atom. The summed E-state index contributed by atoms with van der Waals surface area (Å²) in [6.07, 6.45) is 2.13. The number of benzene rings is 1. The molecule has 2 aromatic rings. The molecule has 1 aliphatic rings. The van der Waals surface area contributed by atoms with Crippen LogP contribution in [0.2, 0.25) is 0 Å². The highest BCUT2D eigenvalue weighted by atomic mass is 19.1. The van der Waals surface area contributed by atoms with E-state index in [0.717, 1.165) is 36.0 Å². The predicted octanol–water partition coefficient (Wildman–Crippen LogP) is 4.12. The molecule has 2 amide bonds. The minimum atomic E-state index is -0.173. The highest BCUT2D eigenvalue weighted by Gasteiger charge is 2.24. The zero-order valence-corrected chi connectivity index (χ0v) is 13.9. The number of rotatable bonds is 3. The monoisotopic (exact) mass is 317 g/mol. The Morgan fingerprint density at radius 3 is 2.87 bits per heavy atom. The minimum Gasteiger partial charge on any atom is -0.357 e. The summed E-state index contributed by atoms with van der Waals surface area (Å²) in [7, 11) is 0. The summed E-state index contributed by atoms with van der Waals surface area (Å²) in [5.41, 5.74) is 2.51. The van der Waals surface area contributed by atoms with Crippen LogP contribution in [0.5, 0.6) is 0 Å². The Bertz CT molecular complexity index is 722. The van der Waals surface area contributed by atoms with Crippen molar-refractivity contribution in [3.63, 3.8) is 0 Å². The summed E-state index contributed by atoms with van der Waals surface area (Å²) in [4.78, 5) is 17.3. The number of carbonyl (C=O) groups is 1. The van der Waals surface area contributed by atoms with E-state index in [0.29, 0.717) is 18.2 Å². The van der Waals surface area contributed by atoms with Gasteiger partial charge in [0.2, 0.25) is 0 Å². The average molecular weight is 317 g/mol. The van der Waals surface area contributed by atoms with Crippen LogP contribution in [0, 0.1) is 5.82 Å². The number of halogens is 1. The third kappa shape index (κ3) is 3.19. The summed E-state index contributed by atoms with van der Waals surface area (Å²) in [5.74, 6) is -0.0320. The molecule has 1 aromatic heterocycles. The van der Waals surface area contributed by atoms with Crippen molar-refractivity contribution in [3.05, 3.63) is 35.3 Å². The summed E-state index contributed by atoms with van der Waals surface area (Å²) < 4.78 is 14.1. The van der Waals surface area contributed by atoms with Crippen LogP contribution >= 0.6 is 0 Å². The summed E-state index contributed by atoms with van der Waals surface area (Å²) in [5, 5.41) is 3.78. The van der Waals surface area contributed by atoms with Gasteiger partial charge in [-0.2, -0.15) is 0 Å². The maximum absolute atomic E-state index is 14.1. The third-order valence-electron chi connectivity index (χ3n) is 4.66. The van der Waals surface area contributed by atoms with Gasteiger partial charge in [0.1, 0.15) is 5.82 Å². The second-order valence-electron chi connectivity index (χ2n) is 6.75. The van der Waals surface area contributed by atoms with Gasteiger partial charge in [0, 0.05) is 29.2 Å². The van der Waals surface area contributed by atoms with Crippen molar-refractivity contribution >= 4 is 16.9 Å². The molecule has 1 atom stereocenters. The molecule has 1 unspecified atom stereocenters. The van der Waals surface area contributed by atoms with E-state index in [4.69, 9.17) is 0 Å². The SMILES string of the molecule is CC(C)c1cc2[nH]c(CNC(=O)N3CCCC3C)cc2cc1F. The van der Waals surface area contributed by atoms with Gasteiger partial charge in [-0.25, -0.2) is 9.18 Å². The highest BCUT2D eigenvalue weighted by Crippen LogP contribution is 2.25. The predicted molar refractivity (Wildman–Crippen MR) is 90.0 cm³/mol. The van der Waals surface area contributed by atoms with Crippen molar-refractivity contribution in [2.24, 2.45) is 0 Å². The van der Waals surface area contributed by atoms with E-state index in [-0.39, 0.29) is 17.8 Å². The van der Waals surface area contributed by atoms with Crippen LogP contribution in [0.1, 0.15) is 50.8 Å². The number of likely N-dealkylation sites (tertiary alicyclic amines) is 1. The zero-order chi connectivity index (χ0) is 16.6. The van der Waals surface area contributed by atoms with Crippen LogP contribution in [0.3, 0.4) is 0 Å². The fourth-order valence-electron chi connectivity index (χ4n) is 3.27. The van der Waals surface area contributed by atoms with Crippen LogP contribution in [-0.2, 0) is 6.54 Å². The quantitative estimate of drug-likeness (QED) is 0.879. The molecule has 2 N–H and O–H groups in total. The molecular formula is C18H24FN3O. The van der Waals surface area contributed by atoms with Crippen LogP contribution in [0.15, 0.2) is 18.2 Å². The largest absolute Gasteiger partial charge is 0.357 e. The van der Waals surface area contributed by atoms with Gasteiger partial charge >= 0.3 is 6.03 Å². The lowest BCUT2D eigenvalue weighted by molar-refractivity contribution is 0.195. The van der Waals surface area contributed by atoms with Crippen molar-refractivity contribution in [3.8, 4) is 0 Å². The van der Waals surface area contributed by atoms with E-state index in [1.807, 2.05) is 30.9 Å². The van der Waals surface area contributed by atoms with Crippen LogP contribution in [0.4, 0.5) is 9.18 Å². The molecule has 1 aromatic carbocycles. The fraction of sp³-hybridized carbons (Fsp3) is 0.500. The normalized spacial score (nSPS) is 18.1. The van der Waals surface area contributed by atoms with Gasteiger partial charge in [0.05, 0.1) is 6.54 Å². The number of nitrogens with one attached hydrogen (secondary N) is 2. The molecule has 23 heavy (non-hydrogen) atoms. The van der Waals surface area contributed by atoms with Gasteiger partial charge in [-0.15, -0.1) is 0 Å². The first kappa shape index (κ1) is 15.8. The smallest absolute Gasteiger partial charge is 0.317 e. The van der Waals surface area contributed by atoms with E-state index in [2.05, 4.69) is 17.2 Å². The number of aromatic amines is 1. The van der Waals surface area contributed by atoms with Crippen molar-refractivity contribution < 1.29 is 9.18 Å². The maximum Gasteiger partial charge on any atom is 0.317 e. The van der Waals surface area contributed by atoms with Gasteiger partial charge < -0.3 is 15.2 Å². The van der Waals surface area contributed by atoms with Crippen LogP contribution in [-0.4, -0.2) is 28.5 Å². The summed E-state index contributed by atoms with van der Waals surface area (Å²) >= 11 is 0. The fourth-order valence-corrected chi connectivity index (χ4v) is 3.27. The third-order valence-corrected chi connectivity index (χ3v) is 4.66. The number of fused-ring (bicyclic) bond motifs is 1. The lowest BCUT2D eigenvalue weighted by Crippen LogP contribution is -2.41. The molecule has 0 saturated carbocycles. The van der Waals surface area contributed by atoms with Gasteiger partial charge in [-0.05, 0) is 49.4 Å². The van der Waals surface area contributed by atoms with Crippen molar-refractivity contribution in [1.29, 1.82) is 0 Å². The molecule has 5 heteroatoms. The topological polar surface area (TPSA) is 48.1 Å². The van der Waals surface area contributed by atoms with Crippen molar-refractivity contribution in [1.82, 2.24) is 15.2 Å². The first-order valence-corrected chi connectivity index (χ1v) is 8.31. The van der Waals surface area contributed by atoms with Crippen LogP contribution in [0.25, 0.3) is 10.9 Å². The molecule has 4 nitrogen and oxygen atoms in total. The van der Waals surface area contributed by atoms with E-state index in [1.165, 1.54) is 0 Å². The lowest BCUT2D eigenvalue weighted by atomic mass is 10.0. The van der Waals surface area contributed by atoms with E-state index >= 15 is 0 Å². The Morgan fingerprint density at radius 1 is 1.43 bits per heavy atom. The molecule has 0 bridgehead atoms. The maximum atomic E-state index is 14.1. The molecule has 2 heterocycles. The second kappa shape index (κ2) is 6.22. The number of aromatic nitrogens is 1. The van der Waals surface area contributed by atoms with Gasteiger partial charge in [0.15, 0.2) is 0 Å². The molecule has 1 fully saturated rings. The van der Waals surface area contributed by atoms with Crippen molar-refractivity contribution in [2.45, 2.75) is 52.1 Å². The number of H-pyrrole nitrogens is 1. The minimum absolute atomic E-state index is 0.0253. The first-order chi connectivity index (χ1) is 11.0. The van der Waals surface area contributed by atoms with E-state index < -0.39 is 0 Å². The van der Waals surface area contributed by atoms with Gasteiger partial charge in [0.25, 0.3) is 0 Å². The van der Waals surface area contributed by atoms with Crippen molar-refractivity contribution in [2.75, 3.05) is 6.54 Å². The Kier molecular flexibility index (Phi) is 4.28. The van der Waals surface area contributed by atoms with Gasteiger partial charge in [-0.1, -0.05) is 13.8 Å². The molecule has 0 radical (unpaired) electrons. The molecule has 1 aliphatic heterocycles. The Labute approximate surface area is 136 Å². The number of nitrogens with zero attached hydrogens (tertiary/aromatic N) is 1. The zero-order valence-electron chi connectivity index (χ0n) is 13.9. The Balaban J connectivity index is 1.72. The first-order valence-electron chi connectivity index (χ1n) is 8.31. The number of amides is 2. The molecule has 3 rings (SSSR count). The Hall–Kier alpha value is -2.04. The average Bonchev–Trinajstić information content (AvgIpc) is 3.09. The lowest BCUT2D eigenvalue weighted by Gasteiger charge is -2.21. The summed E-state index contributed by atoms with van der Waals surface area (Å²) in [6, 6.07) is 5.61. The number of hydrogen-bond acceptors (Lipinski definition) is 1. The second-order valence-corrected chi connectivity index (χ2v) is 6.75. The van der Waals surface area contributed by atoms with Gasteiger partial charge in [-0.3, -0.25) is 0 Å². The molecule has 0 aliphatic carbocycles. The molecule has 124 valence electrons. The standard InChI is InChI=1S/C18H24FN3O/c1-11(2)15-9-17-13(8-16(15)19)7-14(21-17)10-20-18(23)22-6-4-5-12(22)3/h7-9,11-12,21H,4-6,10H2,1-3H3,(H,20,23). The number of hydrogen-bond donors (Lipinski definition) is 2. The molecular weight excluding hydrogens is 293 g/mol. The molecule has 1 saturated heterocycles. The van der Waals surface area contributed by atoms with E-state index in [1.54, 1.807) is 6.07 Å². The highest BCUT2D eigenvalue weighted by molar-refractivity contribution is 5.82. The van der Waals surface area contributed by atoms with E-state index in [9.17, 15) is 9.18 Å². The van der Waals surface area contributed by atoms with Crippen LogP contribution < -0.4 is 5.32 Å².